The maximum atomic E-state index is 4.69. The van der Waals surface area contributed by atoms with E-state index in [-0.39, 0.29) is 0 Å². The van der Waals surface area contributed by atoms with Gasteiger partial charge in [0.25, 0.3) is 0 Å². The van der Waals surface area contributed by atoms with Crippen LogP contribution in [0.15, 0.2) is 24.4 Å². The lowest BCUT2D eigenvalue weighted by Gasteiger charge is -2.14. The molecule has 0 aliphatic carbocycles. The van der Waals surface area contributed by atoms with Crippen LogP contribution in [0.4, 0.5) is 0 Å². The molecule has 0 bridgehead atoms. The summed E-state index contributed by atoms with van der Waals surface area (Å²) >= 11 is 0. The molecule has 0 atom stereocenters. The standard InChI is InChI=1S/C13H16N4/c1-2-17-12-6-8-14-9-10(12)13(16-17)11-5-3-4-7-15-11/h3-5,7,14H,2,6,8-9H2,1H3. The normalized spacial score (nSPS) is 14.6. The zero-order chi connectivity index (χ0) is 11.7. The second kappa shape index (κ2) is 4.30. The van der Waals surface area contributed by atoms with Gasteiger partial charge in [0.15, 0.2) is 0 Å². The average Bonchev–Trinajstić information content (AvgIpc) is 2.78. The molecule has 88 valence electrons. The van der Waals surface area contributed by atoms with Crippen molar-refractivity contribution in [3.8, 4) is 11.4 Å². The first kappa shape index (κ1) is 10.5. The molecule has 2 aromatic rings. The Bertz CT molecular complexity index is 516. The molecule has 2 aromatic heterocycles. The highest BCUT2D eigenvalue weighted by molar-refractivity contribution is 5.60. The number of nitrogens with one attached hydrogen (secondary N) is 1. The highest BCUT2D eigenvalue weighted by Gasteiger charge is 2.21. The van der Waals surface area contributed by atoms with Gasteiger partial charge in [0.05, 0.1) is 5.69 Å². The maximum absolute atomic E-state index is 4.69. The molecule has 17 heavy (non-hydrogen) atoms. The van der Waals surface area contributed by atoms with Gasteiger partial charge in [-0.25, -0.2) is 0 Å². The van der Waals surface area contributed by atoms with Crippen LogP contribution in [-0.4, -0.2) is 21.3 Å². The predicted octanol–water partition coefficient (Wildman–Crippen LogP) is 1.61. The molecule has 1 N–H and O–H groups in total. The van der Waals surface area contributed by atoms with Gasteiger partial charge in [0, 0.05) is 43.5 Å². The topological polar surface area (TPSA) is 42.7 Å². The SMILES string of the molecule is CCn1nc(-c2ccccn2)c2c1CCNC2. The molecule has 0 saturated heterocycles. The highest BCUT2D eigenvalue weighted by atomic mass is 15.3. The van der Waals surface area contributed by atoms with Crippen LogP contribution >= 0.6 is 0 Å². The van der Waals surface area contributed by atoms with Gasteiger partial charge in [-0.15, -0.1) is 0 Å². The van der Waals surface area contributed by atoms with Crippen LogP contribution < -0.4 is 5.32 Å². The highest BCUT2D eigenvalue weighted by Crippen LogP contribution is 2.25. The Labute approximate surface area is 101 Å². The van der Waals surface area contributed by atoms with Crippen molar-refractivity contribution in [2.45, 2.75) is 26.4 Å². The summed E-state index contributed by atoms with van der Waals surface area (Å²) < 4.78 is 2.11. The summed E-state index contributed by atoms with van der Waals surface area (Å²) in [5, 5.41) is 8.10. The largest absolute Gasteiger partial charge is 0.312 e. The van der Waals surface area contributed by atoms with E-state index in [1.54, 1.807) is 0 Å². The van der Waals surface area contributed by atoms with Crippen molar-refractivity contribution in [2.75, 3.05) is 6.54 Å². The quantitative estimate of drug-likeness (QED) is 0.849. The van der Waals surface area contributed by atoms with E-state index < -0.39 is 0 Å². The Kier molecular flexibility index (Phi) is 2.65. The minimum Gasteiger partial charge on any atom is -0.312 e. The molecule has 0 radical (unpaired) electrons. The van der Waals surface area contributed by atoms with Gasteiger partial charge in [-0.1, -0.05) is 6.07 Å². The Morgan fingerprint density at radius 2 is 2.35 bits per heavy atom. The van der Waals surface area contributed by atoms with Gasteiger partial charge >= 0.3 is 0 Å². The second-order valence-electron chi connectivity index (χ2n) is 4.23. The van der Waals surface area contributed by atoms with Crippen LogP contribution in [0.1, 0.15) is 18.2 Å². The van der Waals surface area contributed by atoms with Crippen LogP contribution in [0.3, 0.4) is 0 Å². The van der Waals surface area contributed by atoms with Crippen LogP contribution in [0.25, 0.3) is 11.4 Å². The summed E-state index contributed by atoms with van der Waals surface area (Å²) in [7, 11) is 0. The number of aromatic nitrogens is 3. The molecule has 0 fully saturated rings. The van der Waals surface area contributed by atoms with Crippen molar-refractivity contribution in [1.29, 1.82) is 0 Å². The van der Waals surface area contributed by atoms with Crippen LogP contribution in [-0.2, 0) is 19.5 Å². The first-order valence-electron chi connectivity index (χ1n) is 6.11. The van der Waals surface area contributed by atoms with Crippen molar-refractivity contribution in [3.63, 3.8) is 0 Å². The minimum absolute atomic E-state index is 0.904. The number of hydrogen-bond acceptors (Lipinski definition) is 3. The number of hydrogen-bond donors (Lipinski definition) is 1. The summed E-state index contributed by atoms with van der Waals surface area (Å²) in [6.07, 6.45) is 2.88. The molecule has 1 aliphatic rings. The molecule has 0 aromatic carbocycles. The third-order valence-electron chi connectivity index (χ3n) is 3.21. The smallest absolute Gasteiger partial charge is 0.115 e. The number of fused-ring (bicyclic) bond motifs is 1. The van der Waals surface area contributed by atoms with E-state index in [0.717, 1.165) is 37.4 Å². The Hall–Kier alpha value is -1.68. The van der Waals surface area contributed by atoms with Crippen LogP contribution in [0, 0.1) is 0 Å². The number of aryl methyl sites for hydroxylation is 1. The molecule has 0 unspecified atom stereocenters. The van der Waals surface area contributed by atoms with Crippen molar-refractivity contribution in [1.82, 2.24) is 20.1 Å². The maximum Gasteiger partial charge on any atom is 0.115 e. The van der Waals surface area contributed by atoms with E-state index >= 15 is 0 Å². The molecule has 3 heterocycles. The Balaban J connectivity index is 2.14. The van der Waals surface area contributed by atoms with Crippen molar-refractivity contribution >= 4 is 0 Å². The molecule has 0 spiro atoms. The first-order chi connectivity index (χ1) is 8.40. The van der Waals surface area contributed by atoms with E-state index in [9.17, 15) is 0 Å². The van der Waals surface area contributed by atoms with Crippen molar-refractivity contribution in [3.05, 3.63) is 35.7 Å². The van der Waals surface area contributed by atoms with Crippen LogP contribution in [0.2, 0.25) is 0 Å². The summed E-state index contributed by atoms with van der Waals surface area (Å²) in [6.45, 7) is 5.01. The van der Waals surface area contributed by atoms with E-state index in [1.807, 2.05) is 24.4 Å². The molecule has 1 aliphatic heterocycles. The third kappa shape index (κ3) is 1.74. The number of nitrogens with zero attached hydrogens (tertiary/aromatic N) is 3. The molecule has 4 nitrogen and oxygen atoms in total. The summed E-state index contributed by atoms with van der Waals surface area (Å²) in [5.74, 6) is 0. The molecule has 0 amide bonds. The number of rotatable bonds is 2. The Morgan fingerprint density at radius 1 is 1.41 bits per heavy atom. The first-order valence-corrected chi connectivity index (χ1v) is 6.11. The minimum atomic E-state index is 0.904. The van der Waals surface area contributed by atoms with Gasteiger partial charge in [-0.3, -0.25) is 9.67 Å². The molecule has 3 rings (SSSR count). The van der Waals surface area contributed by atoms with Crippen LogP contribution in [0.5, 0.6) is 0 Å². The van der Waals surface area contributed by atoms with E-state index in [2.05, 4.69) is 21.9 Å². The third-order valence-corrected chi connectivity index (χ3v) is 3.21. The molecular weight excluding hydrogens is 212 g/mol. The molecular formula is C13H16N4. The van der Waals surface area contributed by atoms with Crippen molar-refractivity contribution < 1.29 is 0 Å². The zero-order valence-corrected chi connectivity index (χ0v) is 9.98. The number of pyridine rings is 1. The lowest BCUT2D eigenvalue weighted by Crippen LogP contribution is -2.24. The molecule has 4 heteroatoms. The van der Waals surface area contributed by atoms with Gasteiger partial charge < -0.3 is 5.32 Å². The summed E-state index contributed by atoms with van der Waals surface area (Å²) in [5.41, 5.74) is 4.69. The van der Waals surface area contributed by atoms with Gasteiger partial charge in [0.1, 0.15) is 5.69 Å². The molecule has 0 saturated carbocycles. The predicted molar refractivity (Wildman–Crippen MR) is 66.5 cm³/mol. The fourth-order valence-corrected chi connectivity index (χ4v) is 2.39. The lowest BCUT2D eigenvalue weighted by atomic mass is 10.1. The van der Waals surface area contributed by atoms with E-state index in [1.165, 1.54) is 11.3 Å². The van der Waals surface area contributed by atoms with E-state index in [4.69, 9.17) is 5.10 Å². The Morgan fingerprint density at radius 3 is 3.12 bits per heavy atom. The fourth-order valence-electron chi connectivity index (χ4n) is 2.39. The second-order valence-corrected chi connectivity index (χ2v) is 4.23. The van der Waals surface area contributed by atoms with Gasteiger partial charge in [0.2, 0.25) is 0 Å². The monoisotopic (exact) mass is 228 g/mol. The summed E-state index contributed by atoms with van der Waals surface area (Å²) in [4.78, 5) is 4.40. The zero-order valence-electron chi connectivity index (χ0n) is 9.98. The van der Waals surface area contributed by atoms with E-state index in [0.29, 0.717) is 0 Å². The summed E-state index contributed by atoms with van der Waals surface area (Å²) in [6, 6.07) is 5.97. The van der Waals surface area contributed by atoms with Gasteiger partial charge in [-0.2, -0.15) is 5.10 Å². The fraction of sp³-hybridized carbons (Fsp3) is 0.385. The lowest BCUT2D eigenvalue weighted by molar-refractivity contribution is 0.572. The van der Waals surface area contributed by atoms with Gasteiger partial charge in [-0.05, 0) is 19.1 Å². The van der Waals surface area contributed by atoms with Crippen molar-refractivity contribution in [2.24, 2.45) is 0 Å². The average molecular weight is 228 g/mol.